The van der Waals surface area contributed by atoms with Gasteiger partial charge in [0.25, 0.3) is 0 Å². The van der Waals surface area contributed by atoms with Gasteiger partial charge in [-0.05, 0) is 18.1 Å². The Balaban J connectivity index is 2.49. The summed E-state index contributed by atoms with van der Waals surface area (Å²) in [5.74, 6) is 2.01. The maximum absolute atomic E-state index is 8.96. The molecule has 2 aromatic rings. The highest BCUT2D eigenvalue weighted by molar-refractivity contribution is 5.58. The Bertz CT molecular complexity index is 607. The van der Waals surface area contributed by atoms with Gasteiger partial charge in [0, 0.05) is 12.1 Å². The van der Waals surface area contributed by atoms with E-state index in [-0.39, 0.29) is 0 Å². The van der Waals surface area contributed by atoms with Crippen molar-refractivity contribution in [3.63, 3.8) is 0 Å². The van der Waals surface area contributed by atoms with Crippen molar-refractivity contribution in [2.24, 2.45) is 11.7 Å². The van der Waals surface area contributed by atoms with Crippen LogP contribution in [-0.4, -0.2) is 14.8 Å². The highest BCUT2D eigenvalue weighted by Gasteiger charge is 2.14. The van der Waals surface area contributed by atoms with Gasteiger partial charge in [0.2, 0.25) is 0 Å². The number of benzene rings is 1. The van der Waals surface area contributed by atoms with Crippen molar-refractivity contribution >= 4 is 0 Å². The lowest BCUT2D eigenvalue weighted by Crippen LogP contribution is -2.13. The lowest BCUT2D eigenvalue weighted by atomic mass is 10.1. The van der Waals surface area contributed by atoms with Gasteiger partial charge in [0.15, 0.2) is 5.82 Å². The van der Waals surface area contributed by atoms with Crippen LogP contribution < -0.4 is 5.73 Å². The molecule has 1 aromatic heterocycles. The van der Waals surface area contributed by atoms with Crippen molar-refractivity contribution in [1.29, 1.82) is 5.26 Å². The van der Waals surface area contributed by atoms with E-state index >= 15 is 0 Å². The van der Waals surface area contributed by atoms with E-state index in [0.717, 1.165) is 23.8 Å². The standard InChI is InChI=1S/C14H17N5/c1-10(2)9-19-13(8-16)17-18-14(19)12-5-3-4-11(6-12)7-15/h3-6,10H,8-9,16H2,1-2H3. The second kappa shape index (κ2) is 5.63. The summed E-state index contributed by atoms with van der Waals surface area (Å²) in [5, 5.41) is 17.3. The minimum atomic E-state index is 0.359. The van der Waals surface area contributed by atoms with Crippen molar-refractivity contribution in [2.75, 3.05) is 0 Å². The third kappa shape index (κ3) is 2.80. The van der Waals surface area contributed by atoms with E-state index in [4.69, 9.17) is 11.0 Å². The molecule has 0 amide bonds. The smallest absolute Gasteiger partial charge is 0.164 e. The lowest BCUT2D eigenvalue weighted by molar-refractivity contribution is 0.510. The number of aromatic nitrogens is 3. The van der Waals surface area contributed by atoms with Crippen LogP contribution in [0.25, 0.3) is 11.4 Å². The van der Waals surface area contributed by atoms with E-state index in [0.29, 0.717) is 18.0 Å². The first kappa shape index (κ1) is 13.2. The summed E-state index contributed by atoms with van der Waals surface area (Å²) < 4.78 is 2.03. The van der Waals surface area contributed by atoms with Crippen molar-refractivity contribution < 1.29 is 0 Å². The first-order valence-electron chi connectivity index (χ1n) is 6.28. The molecule has 0 fully saturated rings. The fourth-order valence-electron chi connectivity index (χ4n) is 1.98. The van der Waals surface area contributed by atoms with Gasteiger partial charge in [-0.3, -0.25) is 0 Å². The van der Waals surface area contributed by atoms with Gasteiger partial charge in [-0.2, -0.15) is 5.26 Å². The average molecular weight is 255 g/mol. The molecule has 0 saturated heterocycles. The molecule has 2 N–H and O–H groups in total. The molecular formula is C14H17N5. The highest BCUT2D eigenvalue weighted by Crippen LogP contribution is 2.20. The van der Waals surface area contributed by atoms with Crippen molar-refractivity contribution in [1.82, 2.24) is 14.8 Å². The minimum Gasteiger partial charge on any atom is -0.324 e. The number of nitrogens with zero attached hydrogens (tertiary/aromatic N) is 4. The molecule has 0 aliphatic heterocycles. The fraction of sp³-hybridized carbons (Fsp3) is 0.357. The predicted molar refractivity (Wildman–Crippen MR) is 72.9 cm³/mol. The number of nitrogens with two attached hydrogens (primary N) is 1. The summed E-state index contributed by atoms with van der Waals surface area (Å²) in [5.41, 5.74) is 7.21. The number of hydrogen-bond donors (Lipinski definition) is 1. The Hall–Kier alpha value is -2.19. The highest BCUT2D eigenvalue weighted by atomic mass is 15.3. The molecule has 0 unspecified atom stereocenters. The third-order valence-electron chi connectivity index (χ3n) is 2.81. The van der Waals surface area contributed by atoms with Crippen LogP contribution in [0.4, 0.5) is 0 Å². The zero-order valence-electron chi connectivity index (χ0n) is 11.2. The summed E-state index contributed by atoms with van der Waals surface area (Å²) in [6.45, 7) is 5.44. The zero-order valence-corrected chi connectivity index (χ0v) is 11.2. The van der Waals surface area contributed by atoms with Gasteiger partial charge in [-0.25, -0.2) is 0 Å². The van der Waals surface area contributed by atoms with Gasteiger partial charge in [0.05, 0.1) is 18.2 Å². The largest absolute Gasteiger partial charge is 0.324 e. The maximum atomic E-state index is 8.96. The Morgan fingerprint density at radius 3 is 2.79 bits per heavy atom. The van der Waals surface area contributed by atoms with Crippen molar-refractivity contribution in [3.8, 4) is 17.5 Å². The Kier molecular flexibility index (Phi) is 3.93. The Morgan fingerprint density at radius 2 is 2.16 bits per heavy atom. The van der Waals surface area contributed by atoms with Crippen LogP contribution in [0.2, 0.25) is 0 Å². The monoisotopic (exact) mass is 255 g/mol. The Labute approximate surface area is 112 Å². The first-order chi connectivity index (χ1) is 9.15. The van der Waals surface area contributed by atoms with Gasteiger partial charge < -0.3 is 10.3 Å². The first-order valence-corrected chi connectivity index (χ1v) is 6.28. The summed E-state index contributed by atoms with van der Waals surface area (Å²) in [4.78, 5) is 0. The summed E-state index contributed by atoms with van der Waals surface area (Å²) in [6, 6.07) is 9.51. The van der Waals surface area contributed by atoms with Crippen molar-refractivity contribution in [2.45, 2.75) is 26.9 Å². The lowest BCUT2D eigenvalue weighted by Gasteiger charge is -2.12. The molecule has 0 saturated carbocycles. The molecule has 0 atom stereocenters. The van der Waals surface area contributed by atoms with E-state index in [1.165, 1.54) is 0 Å². The van der Waals surface area contributed by atoms with Gasteiger partial charge >= 0.3 is 0 Å². The number of hydrogen-bond acceptors (Lipinski definition) is 4. The molecule has 5 nitrogen and oxygen atoms in total. The SMILES string of the molecule is CC(C)Cn1c(CN)nnc1-c1cccc(C#N)c1. The second-order valence-electron chi connectivity index (χ2n) is 4.84. The molecular weight excluding hydrogens is 238 g/mol. The molecule has 0 bridgehead atoms. The van der Waals surface area contributed by atoms with E-state index in [9.17, 15) is 0 Å². The maximum Gasteiger partial charge on any atom is 0.164 e. The molecule has 0 radical (unpaired) electrons. The van der Waals surface area contributed by atoms with E-state index in [1.54, 1.807) is 6.07 Å². The van der Waals surface area contributed by atoms with Crippen LogP contribution >= 0.6 is 0 Å². The normalized spacial score (nSPS) is 10.7. The molecule has 0 spiro atoms. The molecule has 2 rings (SSSR count). The van der Waals surface area contributed by atoms with Crippen molar-refractivity contribution in [3.05, 3.63) is 35.7 Å². The van der Waals surface area contributed by atoms with E-state index < -0.39 is 0 Å². The topological polar surface area (TPSA) is 80.5 Å². The van der Waals surface area contributed by atoms with E-state index in [2.05, 4.69) is 30.1 Å². The molecule has 1 heterocycles. The van der Waals surface area contributed by atoms with Crippen LogP contribution in [0, 0.1) is 17.2 Å². The van der Waals surface area contributed by atoms with Crippen LogP contribution in [0.3, 0.4) is 0 Å². The van der Waals surface area contributed by atoms with Crippen LogP contribution in [0.1, 0.15) is 25.2 Å². The summed E-state index contributed by atoms with van der Waals surface area (Å²) in [7, 11) is 0. The number of nitriles is 1. The molecule has 0 aliphatic carbocycles. The second-order valence-corrected chi connectivity index (χ2v) is 4.84. The average Bonchev–Trinajstić information content (AvgIpc) is 2.81. The van der Waals surface area contributed by atoms with Crippen LogP contribution in [0.15, 0.2) is 24.3 Å². The quantitative estimate of drug-likeness (QED) is 0.905. The zero-order chi connectivity index (χ0) is 13.8. The minimum absolute atomic E-state index is 0.359. The van der Waals surface area contributed by atoms with Gasteiger partial charge in [0.1, 0.15) is 5.82 Å². The predicted octanol–water partition coefficient (Wildman–Crippen LogP) is 1.93. The fourth-order valence-corrected chi connectivity index (χ4v) is 1.98. The molecule has 98 valence electrons. The van der Waals surface area contributed by atoms with E-state index in [1.807, 2.05) is 22.8 Å². The number of rotatable bonds is 4. The third-order valence-corrected chi connectivity index (χ3v) is 2.81. The van der Waals surface area contributed by atoms with Gasteiger partial charge in [-0.15, -0.1) is 10.2 Å². The summed E-state index contributed by atoms with van der Waals surface area (Å²) in [6.07, 6.45) is 0. The summed E-state index contributed by atoms with van der Waals surface area (Å²) >= 11 is 0. The molecule has 0 aliphatic rings. The van der Waals surface area contributed by atoms with Crippen LogP contribution in [0.5, 0.6) is 0 Å². The molecule has 19 heavy (non-hydrogen) atoms. The van der Waals surface area contributed by atoms with Crippen LogP contribution in [-0.2, 0) is 13.1 Å². The van der Waals surface area contributed by atoms with Gasteiger partial charge in [-0.1, -0.05) is 26.0 Å². The molecule has 5 heteroatoms. The molecule has 1 aromatic carbocycles. The Morgan fingerprint density at radius 1 is 1.37 bits per heavy atom.